The molecule has 2 N–H and O–H groups in total. The summed E-state index contributed by atoms with van der Waals surface area (Å²) in [4.78, 5) is 10.2. The zero-order valence-electron chi connectivity index (χ0n) is 15.0. The number of nitrogens with zero attached hydrogens (tertiary/aromatic N) is 2. The molecule has 0 aliphatic heterocycles. The molecule has 1 aromatic carbocycles. The van der Waals surface area contributed by atoms with Crippen LogP contribution in [0.15, 0.2) is 23.2 Å². The van der Waals surface area contributed by atoms with Gasteiger partial charge in [0.15, 0.2) is 5.96 Å². The number of thiazole rings is 1. The molecule has 1 unspecified atom stereocenters. The van der Waals surface area contributed by atoms with Crippen molar-refractivity contribution in [3.63, 3.8) is 0 Å². The second-order valence-corrected chi connectivity index (χ2v) is 7.07. The highest BCUT2D eigenvalue weighted by Gasteiger charge is 2.13. The van der Waals surface area contributed by atoms with Gasteiger partial charge in [0, 0.05) is 36.0 Å². The van der Waals surface area contributed by atoms with E-state index in [2.05, 4.69) is 20.6 Å². The van der Waals surface area contributed by atoms with Crippen LogP contribution in [0.4, 0.5) is 8.78 Å². The van der Waals surface area contributed by atoms with E-state index in [0.717, 1.165) is 23.2 Å². The summed E-state index contributed by atoms with van der Waals surface area (Å²) in [6.45, 7) is 9.09. The van der Waals surface area contributed by atoms with Crippen LogP contribution in [0, 0.1) is 25.5 Å². The predicted molar refractivity (Wildman–Crippen MR) is 99.2 cm³/mol. The molecule has 0 saturated heterocycles. The zero-order chi connectivity index (χ0) is 18.4. The number of hydrogen-bond donors (Lipinski definition) is 2. The molecule has 4 nitrogen and oxygen atoms in total. The molecule has 1 heterocycles. The van der Waals surface area contributed by atoms with E-state index in [1.165, 1.54) is 17.0 Å². The van der Waals surface area contributed by atoms with Gasteiger partial charge in [0.2, 0.25) is 0 Å². The second kappa shape index (κ2) is 8.89. The van der Waals surface area contributed by atoms with Gasteiger partial charge in [-0.1, -0.05) is 6.07 Å². The fraction of sp³-hybridized carbons (Fsp3) is 0.444. The Balaban J connectivity index is 2.02. The summed E-state index contributed by atoms with van der Waals surface area (Å²) in [6, 6.07) is 3.28. The quantitative estimate of drug-likeness (QED) is 0.602. The van der Waals surface area contributed by atoms with Crippen LogP contribution in [0.2, 0.25) is 0 Å². The summed E-state index contributed by atoms with van der Waals surface area (Å²) in [5, 5.41) is 7.37. The minimum atomic E-state index is -0.579. The van der Waals surface area contributed by atoms with Crippen molar-refractivity contribution in [3.05, 3.63) is 51.0 Å². The van der Waals surface area contributed by atoms with E-state index < -0.39 is 11.6 Å². The maximum atomic E-state index is 13.9. The molecule has 0 aliphatic carbocycles. The van der Waals surface area contributed by atoms with Crippen LogP contribution in [-0.2, 0) is 6.42 Å². The standard InChI is InChI=1S/C18H24F2N4S/c1-5-21-18(22-9-8-17-12(3)23-13(4)25-17)24-11(2)15-7-6-14(19)10-16(15)20/h6-7,10-11H,5,8-9H2,1-4H3,(H2,21,22,24). The molecular weight excluding hydrogens is 342 g/mol. The van der Waals surface area contributed by atoms with E-state index in [4.69, 9.17) is 0 Å². The number of guanidine groups is 1. The molecule has 2 aromatic rings. The molecule has 0 aliphatic rings. The lowest BCUT2D eigenvalue weighted by atomic mass is 10.1. The van der Waals surface area contributed by atoms with Crippen molar-refractivity contribution in [2.75, 3.05) is 13.1 Å². The molecule has 0 spiro atoms. The highest BCUT2D eigenvalue weighted by molar-refractivity contribution is 7.11. The number of halogens is 2. The van der Waals surface area contributed by atoms with Crippen molar-refractivity contribution in [1.82, 2.24) is 15.6 Å². The molecule has 1 atom stereocenters. The van der Waals surface area contributed by atoms with Gasteiger partial charge >= 0.3 is 0 Å². The molecule has 1 aromatic heterocycles. The Hall–Kier alpha value is -2.02. The van der Waals surface area contributed by atoms with Crippen LogP contribution in [-0.4, -0.2) is 24.0 Å². The highest BCUT2D eigenvalue weighted by atomic mass is 32.1. The Morgan fingerprint density at radius 2 is 2.08 bits per heavy atom. The first-order valence-electron chi connectivity index (χ1n) is 8.33. The number of aliphatic imine (C=N–C) groups is 1. The Labute approximate surface area is 151 Å². The van der Waals surface area contributed by atoms with Crippen LogP contribution in [0.5, 0.6) is 0 Å². The lowest BCUT2D eigenvalue weighted by Gasteiger charge is -2.18. The van der Waals surface area contributed by atoms with Gasteiger partial charge < -0.3 is 10.6 Å². The molecule has 0 fully saturated rings. The van der Waals surface area contributed by atoms with Gasteiger partial charge in [-0.3, -0.25) is 4.99 Å². The number of benzene rings is 1. The van der Waals surface area contributed by atoms with Crippen molar-refractivity contribution in [3.8, 4) is 0 Å². The second-order valence-electron chi connectivity index (χ2n) is 5.78. The molecule has 0 amide bonds. The number of aromatic nitrogens is 1. The first-order valence-corrected chi connectivity index (χ1v) is 9.15. The van der Waals surface area contributed by atoms with E-state index in [9.17, 15) is 8.78 Å². The topological polar surface area (TPSA) is 49.3 Å². The number of nitrogens with one attached hydrogen (secondary N) is 2. The maximum absolute atomic E-state index is 13.9. The first kappa shape index (κ1) is 19.3. The number of aryl methyl sites for hydroxylation is 2. The summed E-state index contributed by atoms with van der Waals surface area (Å²) in [5.74, 6) is -0.534. The lowest BCUT2D eigenvalue weighted by Crippen LogP contribution is -2.39. The fourth-order valence-corrected chi connectivity index (χ4v) is 3.46. The number of rotatable bonds is 6. The van der Waals surface area contributed by atoms with E-state index in [-0.39, 0.29) is 6.04 Å². The molecule has 136 valence electrons. The van der Waals surface area contributed by atoms with Gasteiger partial charge in [0.05, 0.1) is 16.7 Å². The van der Waals surface area contributed by atoms with Crippen LogP contribution >= 0.6 is 11.3 Å². The van der Waals surface area contributed by atoms with Crippen molar-refractivity contribution in [2.45, 2.75) is 40.2 Å². The largest absolute Gasteiger partial charge is 0.357 e. The average Bonchev–Trinajstić information content (AvgIpc) is 2.85. The van der Waals surface area contributed by atoms with Gasteiger partial charge in [-0.2, -0.15) is 0 Å². The smallest absolute Gasteiger partial charge is 0.191 e. The normalized spacial score (nSPS) is 13.0. The fourth-order valence-electron chi connectivity index (χ4n) is 2.53. The Kier molecular flexibility index (Phi) is 6.87. The molecule has 2 rings (SSSR count). The summed E-state index contributed by atoms with van der Waals surface area (Å²) in [6.07, 6.45) is 0.813. The van der Waals surface area contributed by atoms with E-state index >= 15 is 0 Å². The Morgan fingerprint density at radius 1 is 1.32 bits per heavy atom. The van der Waals surface area contributed by atoms with Gasteiger partial charge in [-0.05, 0) is 33.8 Å². The summed E-state index contributed by atoms with van der Waals surface area (Å²) >= 11 is 1.69. The van der Waals surface area contributed by atoms with E-state index in [0.29, 0.717) is 24.6 Å². The highest BCUT2D eigenvalue weighted by Crippen LogP contribution is 2.18. The summed E-state index contributed by atoms with van der Waals surface area (Å²) < 4.78 is 27.0. The zero-order valence-corrected chi connectivity index (χ0v) is 15.8. The minimum Gasteiger partial charge on any atom is -0.357 e. The Bertz CT molecular complexity index is 743. The molecule has 0 radical (unpaired) electrons. The molecule has 7 heteroatoms. The lowest BCUT2D eigenvalue weighted by molar-refractivity contribution is 0.551. The third-order valence-electron chi connectivity index (χ3n) is 3.73. The van der Waals surface area contributed by atoms with Crippen LogP contribution in [0.1, 0.15) is 41.0 Å². The third kappa shape index (κ3) is 5.49. The van der Waals surface area contributed by atoms with Crippen molar-refractivity contribution in [1.29, 1.82) is 0 Å². The van der Waals surface area contributed by atoms with Crippen LogP contribution in [0.3, 0.4) is 0 Å². The van der Waals surface area contributed by atoms with Crippen molar-refractivity contribution >= 4 is 17.3 Å². The molecule has 25 heavy (non-hydrogen) atoms. The van der Waals surface area contributed by atoms with Crippen molar-refractivity contribution < 1.29 is 8.78 Å². The van der Waals surface area contributed by atoms with Crippen LogP contribution < -0.4 is 10.6 Å². The molecule has 0 bridgehead atoms. The summed E-state index contributed by atoms with van der Waals surface area (Å²) in [7, 11) is 0. The first-order chi connectivity index (χ1) is 11.9. The van der Waals surface area contributed by atoms with Gasteiger partial charge in [0.25, 0.3) is 0 Å². The third-order valence-corrected chi connectivity index (χ3v) is 4.87. The average molecular weight is 366 g/mol. The molecule has 0 saturated carbocycles. The summed E-state index contributed by atoms with van der Waals surface area (Å²) in [5.41, 5.74) is 1.46. The Morgan fingerprint density at radius 3 is 2.68 bits per heavy atom. The maximum Gasteiger partial charge on any atom is 0.191 e. The predicted octanol–water partition coefficient (Wildman–Crippen LogP) is 3.90. The van der Waals surface area contributed by atoms with Crippen LogP contribution in [0.25, 0.3) is 0 Å². The minimum absolute atomic E-state index is 0.328. The van der Waals surface area contributed by atoms with Gasteiger partial charge in [-0.25, -0.2) is 13.8 Å². The van der Waals surface area contributed by atoms with E-state index in [1.807, 2.05) is 27.7 Å². The SMILES string of the molecule is CCNC(=NCCc1sc(C)nc1C)NC(C)c1ccc(F)cc1F. The van der Waals surface area contributed by atoms with Gasteiger partial charge in [0.1, 0.15) is 11.6 Å². The van der Waals surface area contributed by atoms with Gasteiger partial charge in [-0.15, -0.1) is 11.3 Å². The van der Waals surface area contributed by atoms with Crippen molar-refractivity contribution in [2.24, 2.45) is 4.99 Å². The monoisotopic (exact) mass is 366 g/mol. The number of hydrogen-bond acceptors (Lipinski definition) is 3. The van der Waals surface area contributed by atoms with E-state index in [1.54, 1.807) is 11.3 Å². The molecular formula is C18H24F2N4S.